The number of rotatable bonds is 3. The van der Waals surface area contributed by atoms with E-state index >= 15 is 0 Å². The summed E-state index contributed by atoms with van der Waals surface area (Å²) >= 11 is 0. The molecule has 5 nitrogen and oxygen atoms in total. The van der Waals surface area contributed by atoms with E-state index in [4.69, 9.17) is 4.74 Å². The minimum atomic E-state index is -0.477. The molecule has 2 atom stereocenters. The molecule has 5 heteroatoms. The summed E-state index contributed by atoms with van der Waals surface area (Å²) in [6.07, 6.45) is 4.21. The number of hydrogen-bond acceptors (Lipinski definition) is 4. The number of carbonyl (C=O) groups is 2. The van der Waals surface area contributed by atoms with Crippen molar-refractivity contribution in [3.63, 3.8) is 0 Å². The molecule has 0 N–H and O–H groups in total. The van der Waals surface area contributed by atoms with Crippen LogP contribution in [0.4, 0.5) is 0 Å². The smallest absolute Gasteiger partial charge is 0.324 e. The Bertz CT molecular complexity index is 483. The zero-order chi connectivity index (χ0) is 18.1. The lowest BCUT2D eigenvalue weighted by Gasteiger charge is -2.49. The molecule has 0 aliphatic carbocycles. The van der Waals surface area contributed by atoms with Crippen LogP contribution in [0.1, 0.15) is 67.2 Å². The van der Waals surface area contributed by atoms with Crippen LogP contribution in [0.5, 0.6) is 0 Å². The van der Waals surface area contributed by atoms with Crippen LogP contribution >= 0.6 is 0 Å². The lowest BCUT2D eigenvalue weighted by Crippen LogP contribution is -2.62. The average Bonchev–Trinajstić information content (AvgIpc) is 2.79. The van der Waals surface area contributed by atoms with Gasteiger partial charge in [0.15, 0.2) is 0 Å². The first-order chi connectivity index (χ1) is 11.1. The molecule has 2 aliphatic rings. The van der Waals surface area contributed by atoms with Crippen LogP contribution in [0, 0.1) is 5.92 Å². The summed E-state index contributed by atoms with van der Waals surface area (Å²) in [5.74, 6) is 0.195. The van der Waals surface area contributed by atoms with Crippen molar-refractivity contribution in [1.29, 1.82) is 0 Å². The fourth-order valence-corrected chi connectivity index (χ4v) is 4.33. The van der Waals surface area contributed by atoms with Gasteiger partial charge in [0, 0.05) is 25.6 Å². The maximum absolute atomic E-state index is 12.9. The summed E-state index contributed by atoms with van der Waals surface area (Å²) < 4.78 is 5.72. The number of nitrogens with zero attached hydrogens (tertiary/aromatic N) is 2. The topological polar surface area (TPSA) is 49.9 Å². The number of likely N-dealkylation sites (tertiary alicyclic amines) is 2. The Morgan fingerprint density at radius 1 is 1.08 bits per heavy atom. The van der Waals surface area contributed by atoms with Gasteiger partial charge in [-0.1, -0.05) is 13.8 Å². The highest BCUT2D eigenvalue weighted by Gasteiger charge is 2.50. The monoisotopic (exact) mass is 338 g/mol. The summed E-state index contributed by atoms with van der Waals surface area (Å²) in [6.45, 7) is 14.1. The predicted octanol–water partition coefficient (Wildman–Crippen LogP) is 2.83. The molecule has 0 radical (unpaired) electrons. The molecule has 138 valence electrons. The molecule has 2 heterocycles. The van der Waals surface area contributed by atoms with Crippen molar-refractivity contribution in [2.45, 2.75) is 84.4 Å². The first kappa shape index (κ1) is 19.2. The second kappa shape index (κ2) is 7.03. The summed E-state index contributed by atoms with van der Waals surface area (Å²) in [6, 6.07) is -0.237. The zero-order valence-electron chi connectivity index (χ0n) is 16.2. The normalized spacial score (nSPS) is 26.9. The molecule has 24 heavy (non-hydrogen) atoms. The molecule has 1 amide bonds. The van der Waals surface area contributed by atoms with Gasteiger partial charge in [-0.05, 0) is 58.9 Å². The van der Waals surface area contributed by atoms with Crippen molar-refractivity contribution in [3.8, 4) is 0 Å². The van der Waals surface area contributed by atoms with E-state index in [1.54, 1.807) is 6.92 Å². The molecule has 0 aromatic carbocycles. The maximum atomic E-state index is 12.9. The summed E-state index contributed by atoms with van der Waals surface area (Å²) in [5.41, 5.74) is -0.537. The Kier molecular flexibility index (Phi) is 5.63. The standard InChI is InChI=1S/C19H34N2O3/c1-14(2)16(17(23)24-18(4,5)6)21-12-8-10-19(21)9-7-11-20(13-19)15(3)22/h14,16H,7-13H2,1-6H3/t16-,19+/m0/s1. The summed E-state index contributed by atoms with van der Waals surface area (Å²) in [7, 11) is 0. The third kappa shape index (κ3) is 4.11. The van der Waals surface area contributed by atoms with Gasteiger partial charge >= 0.3 is 5.97 Å². The van der Waals surface area contributed by atoms with Gasteiger partial charge < -0.3 is 9.64 Å². The van der Waals surface area contributed by atoms with Gasteiger partial charge in [-0.2, -0.15) is 0 Å². The Morgan fingerprint density at radius 3 is 2.17 bits per heavy atom. The summed E-state index contributed by atoms with van der Waals surface area (Å²) in [4.78, 5) is 29.1. The number of hydrogen-bond donors (Lipinski definition) is 0. The van der Waals surface area contributed by atoms with Crippen molar-refractivity contribution in [2.75, 3.05) is 19.6 Å². The number of carbonyl (C=O) groups excluding carboxylic acids is 2. The van der Waals surface area contributed by atoms with Gasteiger partial charge in [0.25, 0.3) is 0 Å². The van der Waals surface area contributed by atoms with Crippen molar-refractivity contribution >= 4 is 11.9 Å². The number of amides is 1. The van der Waals surface area contributed by atoms with Crippen molar-refractivity contribution in [1.82, 2.24) is 9.80 Å². The summed E-state index contributed by atoms with van der Waals surface area (Å²) in [5, 5.41) is 0. The van der Waals surface area contributed by atoms with E-state index in [0.29, 0.717) is 0 Å². The van der Waals surface area contributed by atoms with Crippen molar-refractivity contribution in [3.05, 3.63) is 0 Å². The van der Waals surface area contributed by atoms with Crippen LogP contribution in [0.15, 0.2) is 0 Å². The van der Waals surface area contributed by atoms with E-state index in [9.17, 15) is 9.59 Å². The van der Waals surface area contributed by atoms with E-state index in [2.05, 4.69) is 18.7 Å². The van der Waals surface area contributed by atoms with Gasteiger partial charge in [0.2, 0.25) is 5.91 Å². The molecular weight excluding hydrogens is 304 g/mol. The molecular formula is C19H34N2O3. The molecule has 2 rings (SSSR count). The quantitative estimate of drug-likeness (QED) is 0.743. The van der Waals surface area contributed by atoms with E-state index in [1.807, 2.05) is 25.7 Å². The minimum Gasteiger partial charge on any atom is -0.459 e. The molecule has 0 unspecified atom stereocenters. The van der Waals surface area contributed by atoms with E-state index < -0.39 is 5.60 Å². The van der Waals surface area contributed by atoms with Crippen LogP contribution in [-0.4, -0.2) is 58.5 Å². The van der Waals surface area contributed by atoms with E-state index in [1.165, 1.54) is 0 Å². The molecule has 2 fully saturated rings. The Balaban J connectivity index is 2.25. The lowest BCUT2D eigenvalue weighted by molar-refractivity contribution is -0.166. The van der Waals surface area contributed by atoms with Gasteiger partial charge in [-0.15, -0.1) is 0 Å². The van der Waals surface area contributed by atoms with Gasteiger partial charge in [-0.25, -0.2) is 0 Å². The molecule has 0 aromatic heterocycles. The second-order valence-electron chi connectivity index (χ2n) is 8.79. The highest BCUT2D eigenvalue weighted by atomic mass is 16.6. The van der Waals surface area contributed by atoms with Gasteiger partial charge in [0.1, 0.15) is 11.6 Å². The fraction of sp³-hybridized carbons (Fsp3) is 0.895. The number of esters is 1. The van der Waals surface area contributed by atoms with Crippen LogP contribution in [-0.2, 0) is 14.3 Å². The minimum absolute atomic E-state index is 0.0598. The zero-order valence-corrected chi connectivity index (χ0v) is 16.2. The Morgan fingerprint density at radius 2 is 1.67 bits per heavy atom. The highest BCUT2D eigenvalue weighted by molar-refractivity contribution is 5.77. The number of ether oxygens (including phenoxy) is 1. The molecule has 0 aromatic rings. The van der Waals surface area contributed by atoms with Gasteiger partial charge in [0.05, 0.1) is 0 Å². The first-order valence-corrected chi connectivity index (χ1v) is 9.31. The third-order valence-corrected chi connectivity index (χ3v) is 5.27. The average molecular weight is 338 g/mol. The Labute approximate surface area is 146 Å². The fourth-order valence-electron chi connectivity index (χ4n) is 4.33. The molecule has 1 spiro atoms. The first-order valence-electron chi connectivity index (χ1n) is 9.31. The number of piperidine rings is 1. The van der Waals surface area contributed by atoms with E-state index in [-0.39, 0.29) is 29.4 Å². The largest absolute Gasteiger partial charge is 0.459 e. The maximum Gasteiger partial charge on any atom is 0.324 e. The van der Waals surface area contributed by atoms with Crippen molar-refractivity contribution < 1.29 is 14.3 Å². The van der Waals surface area contributed by atoms with Crippen LogP contribution in [0.3, 0.4) is 0 Å². The van der Waals surface area contributed by atoms with E-state index in [0.717, 1.165) is 45.3 Å². The van der Waals surface area contributed by atoms with Crippen LogP contribution in [0.25, 0.3) is 0 Å². The Hall–Kier alpha value is -1.10. The molecule has 2 saturated heterocycles. The molecule has 0 saturated carbocycles. The third-order valence-electron chi connectivity index (χ3n) is 5.27. The molecule has 0 bridgehead atoms. The second-order valence-corrected chi connectivity index (χ2v) is 8.79. The van der Waals surface area contributed by atoms with Crippen molar-refractivity contribution in [2.24, 2.45) is 5.92 Å². The predicted molar refractivity (Wildman–Crippen MR) is 94.6 cm³/mol. The van der Waals surface area contributed by atoms with Crippen LogP contribution < -0.4 is 0 Å². The van der Waals surface area contributed by atoms with Gasteiger partial charge in [-0.3, -0.25) is 14.5 Å². The van der Waals surface area contributed by atoms with Crippen LogP contribution in [0.2, 0.25) is 0 Å². The lowest BCUT2D eigenvalue weighted by atomic mass is 9.84. The molecule has 2 aliphatic heterocycles. The highest BCUT2D eigenvalue weighted by Crippen LogP contribution is 2.40. The SMILES string of the molecule is CC(=O)N1CCC[C@@]2(CCCN2[C@H](C(=O)OC(C)(C)C)C(C)C)C1.